The molecule has 3 rings (SSSR count). The van der Waals surface area contributed by atoms with Gasteiger partial charge >= 0.3 is 0 Å². The monoisotopic (exact) mass is 290 g/mol. The molecule has 1 saturated carbocycles. The van der Waals surface area contributed by atoms with Gasteiger partial charge in [0.15, 0.2) is 0 Å². The first-order valence-electron chi connectivity index (χ1n) is 7.68. The number of aryl methyl sites for hydroxylation is 1. The van der Waals surface area contributed by atoms with Crippen LogP contribution in [-0.4, -0.2) is 45.1 Å². The van der Waals surface area contributed by atoms with Crippen LogP contribution in [-0.2, 0) is 23.1 Å². The van der Waals surface area contributed by atoms with Gasteiger partial charge in [-0.2, -0.15) is 5.10 Å². The molecule has 6 nitrogen and oxygen atoms in total. The Morgan fingerprint density at radius 3 is 2.71 bits per heavy atom. The highest BCUT2D eigenvalue weighted by molar-refractivity contribution is 5.98. The summed E-state index contributed by atoms with van der Waals surface area (Å²) in [5.41, 5.74) is 0.450. The van der Waals surface area contributed by atoms with Crippen LogP contribution < -0.4 is 5.32 Å². The average molecular weight is 290 g/mol. The highest BCUT2D eigenvalue weighted by Crippen LogP contribution is 2.31. The summed E-state index contributed by atoms with van der Waals surface area (Å²) in [4.78, 5) is 26.5. The summed E-state index contributed by atoms with van der Waals surface area (Å²) in [6, 6.07) is 1.95. The first-order chi connectivity index (χ1) is 10.1. The number of piperazine rings is 1. The Hall–Kier alpha value is -1.85. The van der Waals surface area contributed by atoms with Crippen LogP contribution in [0.1, 0.15) is 37.8 Å². The van der Waals surface area contributed by atoms with Crippen molar-refractivity contribution in [3.63, 3.8) is 0 Å². The van der Waals surface area contributed by atoms with Gasteiger partial charge in [0.25, 0.3) is 0 Å². The van der Waals surface area contributed by atoms with Crippen LogP contribution in [0.4, 0.5) is 0 Å². The van der Waals surface area contributed by atoms with Crippen LogP contribution in [0.3, 0.4) is 0 Å². The van der Waals surface area contributed by atoms with Crippen LogP contribution in [0.5, 0.6) is 0 Å². The molecule has 2 aliphatic rings. The molecule has 2 fully saturated rings. The zero-order valence-corrected chi connectivity index (χ0v) is 12.5. The molecule has 1 aliphatic carbocycles. The van der Waals surface area contributed by atoms with Crippen LogP contribution in [0.15, 0.2) is 12.3 Å². The minimum absolute atomic E-state index is 0.0264. The van der Waals surface area contributed by atoms with Gasteiger partial charge in [0, 0.05) is 31.9 Å². The summed E-state index contributed by atoms with van der Waals surface area (Å²) < 4.78 is 1.81. The predicted octanol–water partition coefficient (Wildman–Crippen LogP) is 0.624. The van der Waals surface area contributed by atoms with Gasteiger partial charge in [-0.1, -0.05) is 19.3 Å². The molecule has 2 heterocycles. The van der Waals surface area contributed by atoms with Crippen molar-refractivity contribution in [3.8, 4) is 0 Å². The van der Waals surface area contributed by atoms with E-state index in [2.05, 4.69) is 10.4 Å². The van der Waals surface area contributed by atoms with Crippen LogP contribution in [0, 0.1) is 0 Å². The maximum absolute atomic E-state index is 12.8. The molecular weight excluding hydrogens is 268 g/mol. The molecule has 1 N–H and O–H groups in total. The molecule has 6 heteroatoms. The Bertz CT molecular complexity index is 546. The average Bonchev–Trinajstić information content (AvgIpc) is 2.88. The van der Waals surface area contributed by atoms with E-state index in [9.17, 15) is 9.59 Å². The van der Waals surface area contributed by atoms with Crippen LogP contribution in [0.2, 0.25) is 0 Å². The van der Waals surface area contributed by atoms with E-state index in [-0.39, 0.29) is 18.4 Å². The summed E-state index contributed by atoms with van der Waals surface area (Å²) in [6.07, 6.45) is 7.22. The number of rotatable bonds is 3. The third-order valence-electron chi connectivity index (χ3n) is 4.68. The lowest BCUT2D eigenvalue weighted by atomic mass is 9.79. The molecule has 1 aliphatic heterocycles. The third-order valence-corrected chi connectivity index (χ3v) is 4.68. The van der Waals surface area contributed by atoms with Crippen molar-refractivity contribution >= 4 is 11.8 Å². The Labute approximate surface area is 124 Å². The van der Waals surface area contributed by atoms with Gasteiger partial charge in [-0.05, 0) is 18.9 Å². The fourth-order valence-corrected chi connectivity index (χ4v) is 3.48. The largest absolute Gasteiger partial charge is 0.340 e. The van der Waals surface area contributed by atoms with E-state index in [4.69, 9.17) is 0 Å². The highest BCUT2D eigenvalue weighted by Gasteiger charge is 2.46. The standard InChI is InChI=1S/C15H22N4O2/c1-18-12(5-9-16-18)6-10-19-11-13(20)17-15(14(19)21)7-3-2-4-8-15/h5,9H,2-4,6-8,10-11H2,1H3,(H,17,20). The summed E-state index contributed by atoms with van der Waals surface area (Å²) in [6.45, 7) is 0.756. The van der Waals surface area contributed by atoms with Gasteiger partial charge in [0.1, 0.15) is 5.54 Å². The predicted molar refractivity (Wildman–Crippen MR) is 77.5 cm³/mol. The lowest BCUT2D eigenvalue weighted by Crippen LogP contribution is -2.67. The quantitative estimate of drug-likeness (QED) is 0.887. The van der Waals surface area contributed by atoms with Crippen molar-refractivity contribution < 1.29 is 9.59 Å². The number of nitrogens with zero attached hydrogens (tertiary/aromatic N) is 3. The molecule has 1 saturated heterocycles. The lowest BCUT2D eigenvalue weighted by molar-refractivity contribution is -0.151. The fraction of sp³-hybridized carbons (Fsp3) is 0.667. The van der Waals surface area contributed by atoms with Gasteiger partial charge < -0.3 is 10.2 Å². The normalized spacial score (nSPS) is 21.7. The Balaban J connectivity index is 1.71. The van der Waals surface area contributed by atoms with Crippen molar-refractivity contribution in [3.05, 3.63) is 18.0 Å². The van der Waals surface area contributed by atoms with E-state index in [1.165, 1.54) is 0 Å². The first kappa shape index (κ1) is 14.1. The molecule has 1 spiro atoms. The number of carbonyl (C=O) groups is 2. The Morgan fingerprint density at radius 1 is 1.29 bits per heavy atom. The molecule has 2 amide bonds. The molecule has 0 radical (unpaired) electrons. The molecular formula is C15H22N4O2. The molecule has 114 valence electrons. The van der Waals surface area contributed by atoms with Gasteiger partial charge in [-0.25, -0.2) is 0 Å². The second-order valence-electron chi connectivity index (χ2n) is 6.11. The summed E-state index contributed by atoms with van der Waals surface area (Å²) in [5.74, 6) is 0.0745. The van der Waals surface area contributed by atoms with Crippen LogP contribution >= 0.6 is 0 Å². The maximum atomic E-state index is 12.8. The second-order valence-corrected chi connectivity index (χ2v) is 6.11. The fourth-order valence-electron chi connectivity index (χ4n) is 3.48. The van der Waals surface area contributed by atoms with E-state index < -0.39 is 5.54 Å². The number of nitrogens with one attached hydrogen (secondary N) is 1. The van der Waals surface area contributed by atoms with Gasteiger partial charge in [-0.15, -0.1) is 0 Å². The third kappa shape index (κ3) is 2.66. The smallest absolute Gasteiger partial charge is 0.248 e. The minimum atomic E-state index is -0.625. The van der Waals surface area contributed by atoms with Crippen molar-refractivity contribution in [1.29, 1.82) is 0 Å². The molecule has 0 bridgehead atoms. The highest BCUT2D eigenvalue weighted by atomic mass is 16.2. The van der Waals surface area contributed by atoms with E-state index in [0.29, 0.717) is 6.54 Å². The summed E-state index contributed by atoms with van der Waals surface area (Å²) in [5, 5.41) is 7.10. The van der Waals surface area contributed by atoms with Gasteiger partial charge in [0.2, 0.25) is 11.8 Å². The van der Waals surface area contributed by atoms with Crippen molar-refractivity contribution in [2.24, 2.45) is 7.05 Å². The lowest BCUT2D eigenvalue weighted by Gasteiger charge is -2.44. The SMILES string of the molecule is Cn1nccc1CCN1CC(=O)NC2(CCCCC2)C1=O. The summed E-state index contributed by atoms with van der Waals surface area (Å²) in [7, 11) is 1.89. The Morgan fingerprint density at radius 2 is 2.05 bits per heavy atom. The zero-order valence-electron chi connectivity index (χ0n) is 12.5. The minimum Gasteiger partial charge on any atom is -0.340 e. The zero-order chi connectivity index (χ0) is 14.9. The number of aromatic nitrogens is 2. The van der Waals surface area contributed by atoms with E-state index in [1.807, 2.05) is 17.8 Å². The maximum Gasteiger partial charge on any atom is 0.248 e. The summed E-state index contributed by atoms with van der Waals surface area (Å²) >= 11 is 0. The van der Waals surface area contributed by atoms with E-state index in [0.717, 1.165) is 44.2 Å². The molecule has 1 aromatic rings. The van der Waals surface area contributed by atoms with Crippen molar-refractivity contribution in [2.45, 2.75) is 44.1 Å². The first-order valence-corrected chi connectivity index (χ1v) is 7.68. The van der Waals surface area contributed by atoms with Crippen molar-refractivity contribution in [1.82, 2.24) is 20.0 Å². The van der Waals surface area contributed by atoms with Crippen molar-refractivity contribution in [2.75, 3.05) is 13.1 Å². The van der Waals surface area contributed by atoms with Gasteiger partial charge in [-0.3, -0.25) is 14.3 Å². The second kappa shape index (κ2) is 5.50. The van der Waals surface area contributed by atoms with Gasteiger partial charge in [0.05, 0.1) is 6.54 Å². The Kier molecular flexibility index (Phi) is 3.69. The topological polar surface area (TPSA) is 67.2 Å². The molecule has 0 atom stereocenters. The number of amides is 2. The number of hydrogen-bond donors (Lipinski definition) is 1. The number of hydrogen-bond acceptors (Lipinski definition) is 3. The van der Waals surface area contributed by atoms with E-state index in [1.54, 1.807) is 11.1 Å². The number of carbonyl (C=O) groups excluding carboxylic acids is 2. The molecule has 1 aromatic heterocycles. The molecule has 0 aromatic carbocycles. The van der Waals surface area contributed by atoms with Crippen LogP contribution in [0.25, 0.3) is 0 Å². The van der Waals surface area contributed by atoms with E-state index >= 15 is 0 Å². The molecule has 0 unspecified atom stereocenters. The molecule has 21 heavy (non-hydrogen) atoms.